The van der Waals surface area contributed by atoms with Crippen molar-refractivity contribution in [2.45, 2.75) is 32.9 Å². The van der Waals surface area contributed by atoms with Crippen molar-refractivity contribution in [1.82, 2.24) is 10.3 Å². The predicted octanol–water partition coefficient (Wildman–Crippen LogP) is 3.57. The fraction of sp³-hybridized carbons (Fsp3) is 0.438. The van der Waals surface area contributed by atoms with Crippen molar-refractivity contribution in [2.75, 3.05) is 14.2 Å². The van der Waals surface area contributed by atoms with Crippen molar-refractivity contribution in [3.05, 3.63) is 39.8 Å². The van der Waals surface area contributed by atoms with Crippen LogP contribution in [-0.2, 0) is 13.0 Å². The van der Waals surface area contributed by atoms with E-state index in [1.165, 1.54) is 4.88 Å². The van der Waals surface area contributed by atoms with Crippen molar-refractivity contribution < 1.29 is 9.47 Å². The number of benzene rings is 1. The molecule has 0 aliphatic heterocycles. The van der Waals surface area contributed by atoms with E-state index in [1.807, 2.05) is 24.4 Å². The zero-order valence-electron chi connectivity index (χ0n) is 13.0. The van der Waals surface area contributed by atoms with E-state index in [4.69, 9.17) is 9.47 Å². The molecule has 1 unspecified atom stereocenters. The number of ether oxygens (including phenoxy) is 2. The highest BCUT2D eigenvalue weighted by Crippen LogP contribution is 2.29. The third-order valence-corrected chi connectivity index (χ3v) is 4.55. The molecule has 0 aliphatic rings. The lowest BCUT2D eigenvalue weighted by Gasteiger charge is -2.17. The zero-order chi connectivity index (χ0) is 15.2. The van der Waals surface area contributed by atoms with Crippen LogP contribution in [0.15, 0.2) is 24.4 Å². The predicted molar refractivity (Wildman–Crippen MR) is 86.3 cm³/mol. The second kappa shape index (κ2) is 7.43. The molecular formula is C16H22N2O2S. The van der Waals surface area contributed by atoms with E-state index in [2.05, 4.69) is 24.1 Å². The van der Waals surface area contributed by atoms with E-state index in [9.17, 15) is 0 Å². The van der Waals surface area contributed by atoms with Gasteiger partial charge in [0.1, 0.15) is 16.5 Å². The average molecular weight is 306 g/mol. The largest absolute Gasteiger partial charge is 0.497 e. The highest BCUT2D eigenvalue weighted by atomic mass is 32.1. The molecule has 21 heavy (non-hydrogen) atoms. The number of hydrogen-bond acceptors (Lipinski definition) is 5. The molecule has 1 aromatic carbocycles. The molecule has 0 spiro atoms. The number of methoxy groups -OCH3 is 2. The molecule has 2 aromatic rings. The Balaban J connectivity index is 2.06. The monoisotopic (exact) mass is 306 g/mol. The van der Waals surface area contributed by atoms with E-state index < -0.39 is 0 Å². The molecular weight excluding hydrogens is 284 g/mol. The van der Waals surface area contributed by atoms with Crippen LogP contribution in [0, 0.1) is 0 Å². The van der Waals surface area contributed by atoms with Crippen LogP contribution >= 0.6 is 11.3 Å². The molecule has 114 valence electrons. The van der Waals surface area contributed by atoms with E-state index in [1.54, 1.807) is 25.6 Å². The molecule has 4 nitrogen and oxygen atoms in total. The molecule has 1 atom stereocenters. The van der Waals surface area contributed by atoms with Crippen LogP contribution in [-0.4, -0.2) is 19.2 Å². The average Bonchev–Trinajstić information content (AvgIpc) is 3.00. The Kier molecular flexibility index (Phi) is 5.59. The van der Waals surface area contributed by atoms with Crippen LogP contribution < -0.4 is 14.8 Å². The fourth-order valence-electron chi connectivity index (χ4n) is 2.12. The maximum absolute atomic E-state index is 5.43. The summed E-state index contributed by atoms with van der Waals surface area (Å²) in [6, 6.07) is 6.01. The number of hydrogen-bond donors (Lipinski definition) is 1. The van der Waals surface area contributed by atoms with E-state index >= 15 is 0 Å². The van der Waals surface area contributed by atoms with Gasteiger partial charge in [0.25, 0.3) is 0 Å². The van der Waals surface area contributed by atoms with E-state index in [0.717, 1.165) is 35.0 Å². The molecule has 0 fully saturated rings. The topological polar surface area (TPSA) is 43.4 Å². The highest BCUT2D eigenvalue weighted by molar-refractivity contribution is 7.11. The lowest BCUT2D eigenvalue weighted by atomic mass is 10.1. The number of nitrogens with one attached hydrogen (secondary N) is 1. The van der Waals surface area contributed by atoms with Gasteiger partial charge in [0.2, 0.25) is 0 Å². The quantitative estimate of drug-likeness (QED) is 0.849. The minimum absolute atomic E-state index is 0.157. The first kappa shape index (κ1) is 15.8. The number of nitrogens with zero attached hydrogens (tertiary/aromatic N) is 1. The number of aromatic nitrogens is 1. The first-order chi connectivity index (χ1) is 10.2. The Morgan fingerprint density at radius 1 is 1.29 bits per heavy atom. The molecule has 0 saturated heterocycles. The smallest absolute Gasteiger partial charge is 0.123 e. The van der Waals surface area contributed by atoms with Crippen molar-refractivity contribution in [3.63, 3.8) is 0 Å². The standard InChI is InChI=1S/C16H22N2O2S/c1-5-13-9-18-16(21-13)10-17-11(2)14-8-12(19-3)6-7-15(14)20-4/h6-9,11,17H,5,10H2,1-4H3. The van der Waals surface area contributed by atoms with Crippen molar-refractivity contribution in [1.29, 1.82) is 0 Å². The number of aryl methyl sites for hydroxylation is 1. The van der Waals surface area contributed by atoms with Crippen LogP contribution in [0.25, 0.3) is 0 Å². The van der Waals surface area contributed by atoms with Crippen LogP contribution in [0.3, 0.4) is 0 Å². The van der Waals surface area contributed by atoms with Crippen LogP contribution in [0.2, 0.25) is 0 Å². The van der Waals surface area contributed by atoms with Gasteiger partial charge in [-0.1, -0.05) is 6.92 Å². The van der Waals surface area contributed by atoms with Gasteiger partial charge in [0.15, 0.2) is 0 Å². The summed E-state index contributed by atoms with van der Waals surface area (Å²) in [6.45, 7) is 5.02. The van der Waals surface area contributed by atoms with Gasteiger partial charge in [-0.2, -0.15) is 0 Å². The fourth-order valence-corrected chi connectivity index (χ4v) is 2.93. The second-order valence-corrected chi connectivity index (χ2v) is 5.98. The summed E-state index contributed by atoms with van der Waals surface area (Å²) in [7, 11) is 3.36. The van der Waals surface area contributed by atoms with Crippen molar-refractivity contribution in [3.8, 4) is 11.5 Å². The summed E-state index contributed by atoms with van der Waals surface area (Å²) in [6.07, 6.45) is 3.00. The van der Waals surface area contributed by atoms with Crippen LogP contribution in [0.1, 0.15) is 35.3 Å². The van der Waals surface area contributed by atoms with Crippen LogP contribution in [0.4, 0.5) is 0 Å². The summed E-state index contributed by atoms with van der Waals surface area (Å²) in [5.74, 6) is 1.70. The maximum atomic E-state index is 5.43. The molecule has 0 bridgehead atoms. The first-order valence-corrected chi connectivity index (χ1v) is 7.88. The van der Waals surface area contributed by atoms with E-state index in [0.29, 0.717) is 0 Å². The Morgan fingerprint density at radius 3 is 2.71 bits per heavy atom. The maximum Gasteiger partial charge on any atom is 0.123 e. The zero-order valence-corrected chi connectivity index (χ0v) is 13.8. The SMILES string of the molecule is CCc1cnc(CNC(C)c2cc(OC)ccc2OC)s1. The van der Waals surface area contributed by atoms with Crippen LogP contribution in [0.5, 0.6) is 11.5 Å². The van der Waals surface area contributed by atoms with Gasteiger partial charge >= 0.3 is 0 Å². The Bertz CT molecular complexity index is 583. The molecule has 0 aliphatic carbocycles. The molecule has 0 saturated carbocycles. The minimum atomic E-state index is 0.157. The highest BCUT2D eigenvalue weighted by Gasteiger charge is 2.13. The van der Waals surface area contributed by atoms with Gasteiger partial charge in [-0.05, 0) is 31.5 Å². The molecule has 2 rings (SSSR count). The molecule has 0 radical (unpaired) electrons. The Labute approximate surface area is 130 Å². The Morgan fingerprint density at radius 2 is 2.10 bits per heavy atom. The lowest BCUT2D eigenvalue weighted by molar-refractivity contribution is 0.391. The first-order valence-electron chi connectivity index (χ1n) is 7.06. The minimum Gasteiger partial charge on any atom is -0.497 e. The van der Waals surface area contributed by atoms with E-state index in [-0.39, 0.29) is 6.04 Å². The summed E-state index contributed by atoms with van der Waals surface area (Å²) in [5.41, 5.74) is 1.09. The van der Waals surface area contributed by atoms with Gasteiger partial charge in [-0.3, -0.25) is 0 Å². The lowest BCUT2D eigenvalue weighted by Crippen LogP contribution is -2.18. The van der Waals surface area contributed by atoms with Gasteiger partial charge in [0.05, 0.1) is 14.2 Å². The van der Waals surface area contributed by atoms with Gasteiger partial charge in [0, 0.05) is 29.2 Å². The van der Waals surface area contributed by atoms with Crippen molar-refractivity contribution >= 4 is 11.3 Å². The molecule has 1 heterocycles. The van der Waals surface area contributed by atoms with Gasteiger partial charge in [-0.25, -0.2) is 4.98 Å². The summed E-state index contributed by atoms with van der Waals surface area (Å²) in [5, 5.41) is 4.60. The van der Waals surface area contributed by atoms with Gasteiger partial charge in [-0.15, -0.1) is 11.3 Å². The third kappa shape index (κ3) is 3.95. The molecule has 1 N–H and O–H groups in total. The molecule has 1 aromatic heterocycles. The Hall–Kier alpha value is -1.59. The van der Waals surface area contributed by atoms with Crippen molar-refractivity contribution in [2.24, 2.45) is 0 Å². The summed E-state index contributed by atoms with van der Waals surface area (Å²) < 4.78 is 10.7. The normalized spacial score (nSPS) is 12.2. The molecule has 5 heteroatoms. The second-order valence-electron chi connectivity index (χ2n) is 4.78. The number of rotatable bonds is 7. The number of thiazole rings is 1. The molecule has 0 amide bonds. The summed E-state index contributed by atoms with van der Waals surface area (Å²) in [4.78, 5) is 5.75. The third-order valence-electron chi connectivity index (χ3n) is 3.41. The summed E-state index contributed by atoms with van der Waals surface area (Å²) >= 11 is 1.76. The van der Waals surface area contributed by atoms with Gasteiger partial charge < -0.3 is 14.8 Å².